The number of rotatable bonds is 3. The number of hydrogen-bond acceptors (Lipinski definition) is 6. The molecule has 19 heavy (non-hydrogen) atoms. The van der Waals surface area contributed by atoms with Gasteiger partial charge in [0, 0.05) is 26.2 Å². The number of nitrogens with zero attached hydrogens (tertiary/aromatic N) is 3. The second-order valence-electron chi connectivity index (χ2n) is 4.60. The lowest BCUT2D eigenvalue weighted by atomic mass is 10.3. The first-order valence-corrected chi connectivity index (χ1v) is 7.49. The molecule has 0 spiro atoms. The second kappa shape index (κ2) is 5.58. The van der Waals surface area contributed by atoms with Crippen molar-refractivity contribution in [3.8, 4) is 10.8 Å². The fraction of sp³-hybridized carbons (Fsp3) is 0.500. The van der Waals surface area contributed by atoms with Crippen molar-refractivity contribution in [1.29, 1.82) is 0 Å². The Morgan fingerprint density at radius 3 is 2.95 bits per heavy atom. The smallest absolute Gasteiger partial charge is 0.269 e. The van der Waals surface area contributed by atoms with Gasteiger partial charge in [0.25, 0.3) is 5.89 Å². The first-order chi connectivity index (χ1) is 9.24. The molecule has 1 aliphatic rings. The Bertz CT molecular complexity index is 562. The van der Waals surface area contributed by atoms with E-state index in [0.717, 1.165) is 49.0 Å². The Morgan fingerprint density at radius 1 is 1.47 bits per heavy atom. The van der Waals surface area contributed by atoms with E-state index in [4.69, 9.17) is 16.1 Å². The predicted molar refractivity (Wildman–Crippen MR) is 75.5 cm³/mol. The van der Waals surface area contributed by atoms with E-state index in [2.05, 4.69) is 20.4 Å². The minimum atomic E-state index is 0.522. The van der Waals surface area contributed by atoms with Gasteiger partial charge in [-0.2, -0.15) is 4.98 Å². The molecule has 0 aliphatic carbocycles. The van der Waals surface area contributed by atoms with E-state index in [0.29, 0.717) is 10.9 Å². The zero-order chi connectivity index (χ0) is 13.2. The molecule has 0 aromatic carbocycles. The van der Waals surface area contributed by atoms with Crippen LogP contribution in [0.4, 0.5) is 0 Å². The van der Waals surface area contributed by atoms with Crippen LogP contribution in [-0.4, -0.2) is 41.2 Å². The van der Waals surface area contributed by atoms with Crippen LogP contribution in [0, 0.1) is 6.92 Å². The molecule has 0 amide bonds. The molecule has 1 saturated heterocycles. The van der Waals surface area contributed by atoms with Gasteiger partial charge in [-0.05, 0) is 17.9 Å². The van der Waals surface area contributed by atoms with E-state index in [-0.39, 0.29) is 0 Å². The van der Waals surface area contributed by atoms with Crippen LogP contribution < -0.4 is 5.32 Å². The van der Waals surface area contributed by atoms with Crippen LogP contribution in [-0.2, 0) is 6.54 Å². The second-order valence-corrected chi connectivity index (χ2v) is 5.86. The fourth-order valence-electron chi connectivity index (χ4n) is 2.05. The number of aromatic nitrogens is 2. The van der Waals surface area contributed by atoms with Crippen LogP contribution in [0.25, 0.3) is 10.8 Å². The van der Waals surface area contributed by atoms with Crippen molar-refractivity contribution < 1.29 is 4.52 Å². The van der Waals surface area contributed by atoms with Crippen molar-refractivity contribution in [1.82, 2.24) is 20.4 Å². The van der Waals surface area contributed by atoms with Gasteiger partial charge in [-0.1, -0.05) is 16.8 Å². The predicted octanol–water partition coefficient (Wildman–Crippen LogP) is 2.17. The zero-order valence-corrected chi connectivity index (χ0v) is 12.2. The summed E-state index contributed by atoms with van der Waals surface area (Å²) in [5.41, 5.74) is 1.04. The first-order valence-electron chi connectivity index (χ1n) is 6.23. The molecule has 1 aliphatic heterocycles. The van der Waals surface area contributed by atoms with Crippen molar-refractivity contribution in [3.63, 3.8) is 0 Å². The Kier molecular flexibility index (Phi) is 3.83. The van der Waals surface area contributed by atoms with Crippen LogP contribution in [0.15, 0.2) is 9.90 Å². The Balaban J connectivity index is 1.74. The molecule has 2 aromatic rings. The third-order valence-electron chi connectivity index (χ3n) is 3.14. The van der Waals surface area contributed by atoms with Crippen molar-refractivity contribution in [2.24, 2.45) is 0 Å². The van der Waals surface area contributed by atoms with E-state index in [1.54, 1.807) is 0 Å². The summed E-state index contributed by atoms with van der Waals surface area (Å²) in [6, 6.07) is 0. The van der Waals surface area contributed by atoms with E-state index in [9.17, 15) is 0 Å². The summed E-state index contributed by atoms with van der Waals surface area (Å²) in [5.74, 6) is 1.24. The molecule has 3 heterocycles. The average Bonchev–Trinajstić information content (AvgIpc) is 3.00. The Labute approximate surface area is 120 Å². The molecule has 0 bridgehead atoms. The molecule has 5 nitrogen and oxygen atoms in total. The monoisotopic (exact) mass is 298 g/mol. The van der Waals surface area contributed by atoms with Crippen LogP contribution in [0.5, 0.6) is 0 Å². The van der Waals surface area contributed by atoms with Gasteiger partial charge >= 0.3 is 0 Å². The fourth-order valence-corrected chi connectivity index (χ4v) is 3.25. The maximum Gasteiger partial charge on any atom is 0.269 e. The maximum atomic E-state index is 6.21. The number of nitrogens with one attached hydrogen (secondary N) is 1. The molecule has 0 atom stereocenters. The number of hydrogen-bond donors (Lipinski definition) is 1. The van der Waals surface area contributed by atoms with Crippen molar-refractivity contribution in [2.75, 3.05) is 26.2 Å². The molecule has 3 rings (SSSR count). The van der Waals surface area contributed by atoms with Gasteiger partial charge in [0.15, 0.2) is 5.82 Å². The highest BCUT2D eigenvalue weighted by atomic mass is 35.5. The lowest BCUT2D eigenvalue weighted by molar-refractivity contribution is 0.225. The summed E-state index contributed by atoms with van der Waals surface area (Å²) in [5, 5.41) is 10.1. The summed E-state index contributed by atoms with van der Waals surface area (Å²) >= 11 is 7.75. The molecule has 2 aromatic heterocycles. The molecular weight excluding hydrogens is 284 g/mol. The summed E-state index contributed by atoms with van der Waals surface area (Å²) in [7, 11) is 0. The summed E-state index contributed by atoms with van der Waals surface area (Å²) in [6.07, 6.45) is 0. The standard InChI is InChI=1S/C12H15ClN4OS/c1-8-7-19-11(10(8)13)12-15-9(16-18-12)6-17-4-2-14-3-5-17/h7,14H,2-6H2,1H3. The van der Waals surface area contributed by atoms with Crippen LogP contribution >= 0.6 is 22.9 Å². The van der Waals surface area contributed by atoms with E-state index < -0.39 is 0 Å². The van der Waals surface area contributed by atoms with Gasteiger partial charge in [-0.3, -0.25) is 4.90 Å². The Morgan fingerprint density at radius 2 is 2.26 bits per heavy atom. The molecule has 102 valence electrons. The summed E-state index contributed by atoms with van der Waals surface area (Å²) < 4.78 is 5.31. The van der Waals surface area contributed by atoms with Gasteiger partial charge < -0.3 is 9.84 Å². The molecule has 0 unspecified atom stereocenters. The molecule has 1 N–H and O–H groups in total. The minimum absolute atomic E-state index is 0.522. The molecule has 0 radical (unpaired) electrons. The van der Waals surface area contributed by atoms with Crippen LogP contribution in [0.2, 0.25) is 5.02 Å². The zero-order valence-electron chi connectivity index (χ0n) is 10.6. The number of thiophene rings is 1. The van der Waals surface area contributed by atoms with Gasteiger partial charge in [0.05, 0.1) is 11.6 Å². The van der Waals surface area contributed by atoms with Crippen LogP contribution in [0.3, 0.4) is 0 Å². The number of piperazine rings is 1. The molecular formula is C12H15ClN4OS. The van der Waals surface area contributed by atoms with Gasteiger partial charge in [-0.15, -0.1) is 11.3 Å². The first kappa shape index (κ1) is 13.1. The van der Waals surface area contributed by atoms with Crippen molar-refractivity contribution in [2.45, 2.75) is 13.5 Å². The SMILES string of the molecule is Cc1csc(-c2nc(CN3CCNCC3)no2)c1Cl. The molecule has 0 saturated carbocycles. The summed E-state index contributed by atoms with van der Waals surface area (Å²) in [6.45, 7) is 6.76. The highest BCUT2D eigenvalue weighted by molar-refractivity contribution is 7.14. The van der Waals surface area contributed by atoms with Gasteiger partial charge in [0.1, 0.15) is 4.88 Å². The lowest BCUT2D eigenvalue weighted by Crippen LogP contribution is -2.43. The number of halogens is 1. The minimum Gasteiger partial charge on any atom is -0.333 e. The largest absolute Gasteiger partial charge is 0.333 e. The van der Waals surface area contributed by atoms with Gasteiger partial charge in [-0.25, -0.2) is 0 Å². The topological polar surface area (TPSA) is 54.2 Å². The highest BCUT2D eigenvalue weighted by Crippen LogP contribution is 2.35. The van der Waals surface area contributed by atoms with Crippen LogP contribution in [0.1, 0.15) is 11.4 Å². The van der Waals surface area contributed by atoms with Crippen molar-refractivity contribution >= 4 is 22.9 Å². The summed E-state index contributed by atoms with van der Waals surface area (Å²) in [4.78, 5) is 7.61. The highest BCUT2D eigenvalue weighted by Gasteiger charge is 2.18. The van der Waals surface area contributed by atoms with E-state index >= 15 is 0 Å². The van der Waals surface area contributed by atoms with Crippen molar-refractivity contribution in [3.05, 3.63) is 21.8 Å². The normalized spacial score (nSPS) is 16.9. The average molecular weight is 299 g/mol. The van der Waals surface area contributed by atoms with E-state index in [1.165, 1.54) is 11.3 Å². The number of aryl methyl sites for hydroxylation is 1. The molecule has 1 fully saturated rings. The quantitative estimate of drug-likeness (QED) is 0.941. The lowest BCUT2D eigenvalue weighted by Gasteiger charge is -2.25. The maximum absolute atomic E-state index is 6.21. The van der Waals surface area contributed by atoms with Gasteiger partial charge in [0.2, 0.25) is 0 Å². The third kappa shape index (κ3) is 2.81. The molecule has 7 heteroatoms. The third-order valence-corrected chi connectivity index (χ3v) is 4.82. The van der Waals surface area contributed by atoms with E-state index in [1.807, 2.05) is 12.3 Å². The Hall–Kier alpha value is -0.950.